The van der Waals surface area contributed by atoms with Crippen LogP contribution in [0.2, 0.25) is 0 Å². The third-order valence-corrected chi connectivity index (χ3v) is 2.71. The number of amides is 1. The van der Waals surface area contributed by atoms with Crippen LogP contribution in [0.3, 0.4) is 0 Å². The minimum Gasteiger partial charge on any atom is -0.399 e. The molecule has 5 nitrogen and oxygen atoms in total. The number of nitrogen functional groups attached to an aromatic ring is 1. The van der Waals surface area contributed by atoms with Gasteiger partial charge in [0, 0.05) is 31.6 Å². The van der Waals surface area contributed by atoms with Crippen LogP contribution in [0.15, 0.2) is 24.4 Å². The molecule has 0 atom stereocenters. The van der Waals surface area contributed by atoms with E-state index >= 15 is 0 Å². The van der Waals surface area contributed by atoms with E-state index in [1.54, 1.807) is 25.2 Å². The molecule has 17 heavy (non-hydrogen) atoms. The molecule has 0 spiro atoms. The average molecular weight is 232 g/mol. The van der Waals surface area contributed by atoms with Gasteiger partial charge < -0.3 is 10.6 Å². The summed E-state index contributed by atoms with van der Waals surface area (Å²) in [6, 6.07) is 5.66. The first-order valence-corrected chi connectivity index (χ1v) is 5.49. The summed E-state index contributed by atoms with van der Waals surface area (Å²) >= 11 is 0. The molecule has 0 unspecified atom stereocenters. The van der Waals surface area contributed by atoms with E-state index in [2.05, 4.69) is 5.10 Å². The van der Waals surface area contributed by atoms with E-state index in [-0.39, 0.29) is 5.91 Å². The van der Waals surface area contributed by atoms with Crippen LogP contribution in [0, 0.1) is 0 Å². The molecule has 1 aromatic heterocycles. The number of carbonyl (C=O) groups is 1. The van der Waals surface area contributed by atoms with Gasteiger partial charge in [-0.1, -0.05) is 0 Å². The van der Waals surface area contributed by atoms with Crippen molar-refractivity contribution in [3.63, 3.8) is 0 Å². The minimum absolute atomic E-state index is 0.0950. The quantitative estimate of drug-likeness (QED) is 0.806. The molecular formula is C12H16N4O. The van der Waals surface area contributed by atoms with Gasteiger partial charge in [0.05, 0.1) is 18.3 Å². The third kappa shape index (κ3) is 2.38. The third-order valence-electron chi connectivity index (χ3n) is 2.71. The Morgan fingerprint density at radius 3 is 2.94 bits per heavy atom. The van der Waals surface area contributed by atoms with Crippen molar-refractivity contribution in [3.05, 3.63) is 24.4 Å². The number of aromatic nitrogens is 2. The van der Waals surface area contributed by atoms with Crippen molar-refractivity contribution in [1.82, 2.24) is 14.7 Å². The van der Waals surface area contributed by atoms with E-state index in [1.807, 2.05) is 22.9 Å². The molecule has 0 aliphatic rings. The van der Waals surface area contributed by atoms with Crippen molar-refractivity contribution in [2.45, 2.75) is 13.0 Å². The molecule has 0 radical (unpaired) electrons. The topological polar surface area (TPSA) is 64.2 Å². The molecule has 2 rings (SSSR count). The molecule has 0 saturated carbocycles. The second kappa shape index (κ2) is 4.45. The maximum Gasteiger partial charge on any atom is 0.223 e. The van der Waals surface area contributed by atoms with Crippen LogP contribution < -0.4 is 5.73 Å². The van der Waals surface area contributed by atoms with Gasteiger partial charge in [0.1, 0.15) is 0 Å². The summed E-state index contributed by atoms with van der Waals surface area (Å²) in [4.78, 5) is 13.1. The maximum atomic E-state index is 11.5. The summed E-state index contributed by atoms with van der Waals surface area (Å²) < 4.78 is 1.81. The van der Waals surface area contributed by atoms with Crippen LogP contribution >= 0.6 is 0 Å². The number of nitrogens with zero attached hydrogens (tertiary/aromatic N) is 3. The summed E-state index contributed by atoms with van der Waals surface area (Å²) in [6.45, 7) is 0.573. The van der Waals surface area contributed by atoms with Crippen molar-refractivity contribution < 1.29 is 4.79 Å². The molecule has 0 aliphatic heterocycles. The first-order valence-electron chi connectivity index (χ1n) is 5.49. The second-order valence-electron chi connectivity index (χ2n) is 4.22. The smallest absolute Gasteiger partial charge is 0.223 e. The number of nitrogens with two attached hydrogens (primary N) is 1. The summed E-state index contributed by atoms with van der Waals surface area (Å²) in [7, 11) is 3.50. The average Bonchev–Trinajstić information content (AvgIpc) is 2.68. The fraction of sp³-hybridized carbons (Fsp3) is 0.333. The molecule has 0 bridgehead atoms. The number of hydrogen-bond donors (Lipinski definition) is 1. The number of anilines is 1. The fourth-order valence-corrected chi connectivity index (χ4v) is 1.69. The molecule has 0 aliphatic carbocycles. The summed E-state index contributed by atoms with van der Waals surface area (Å²) in [5, 5.41) is 5.30. The van der Waals surface area contributed by atoms with Gasteiger partial charge in [-0.15, -0.1) is 0 Å². The van der Waals surface area contributed by atoms with E-state index in [0.29, 0.717) is 18.7 Å². The van der Waals surface area contributed by atoms with Crippen molar-refractivity contribution in [2.75, 3.05) is 19.8 Å². The molecule has 1 amide bonds. The highest BCUT2D eigenvalue weighted by Gasteiger charge is 2.07. The first-order chi connectivity index (χ1) is 8.08. The van der Waals surface area contributed by atoms with Crippen molar-refractivity contribution in [2.24, 2.45) is 0 Å². The Labute approximate surface area is 99.8 Å². The van der Waals surface area contributed by atoms with Crippen LogP contribution in [0.1, 0.15) is 6.42 Å². The van der Waals surface area contributed by atoms with Gasteiger partial charge in [0.15, 0.2) is 0 Å². The van der Waals surface area contributed by atoms with Crippen LogP contribution in [0.5, 0.6) is 0 Å². The molecule has 5 heteroatoms. The summed E-state index contributed by atoms with van der Waals surface area (Å²) in [5.41, 5.74) is 7.42. The molecule has 0 saturated heterocycles. The number of rotatable bonds is 3. The Bertz CT molecular complexity index is 544. The normalized spacial score (nSPS) is 10.7. The standard InChI is InChI=1S/C12H16N4O/c1-15(2)12(17)5-6-16-11-7-10(13)4-3-9(11)8-14-16/h3-4,7-8H,5-6,13H2,1-2H3. The largest absolute Gasteiger partial charge is 0.399 e. The molecule has 1 aromatic carbocycles. The lowest BCUT2D eigenvalue weighted by atomic mass is 10.2. The zero-order valence-corrected chi connectivity index (χ0v) is 10.1. The fourth-order valence-electron chi connectivity index (χ4n) is 1.69. The van der Waals surface area contributed by atoms with Gasteiger partial charge in [-0.3, -0.25) is 9.48 Å². The molecule has 1 heterocycles. The number of carbonyl (C=O) groups excluding carboxylic acids is 1. The highest BCUT2D eigenvalue weighted by Crippen LogP contribution is 2.17. The minimum atomic E-state index is 0.0950. The number of fused-ring (bicyclic) bond motifs is 1. The van der Waals surface area contributed by atoms with Crippen LogP contribution in [0.25, 0.3) is 10.9 Å². The number of aryl methyl sites for hydroxylation is 1. The van der Waals surface area contributed by atoms with Crippen LogP contribution in [-0.2, 0) is 11.3 Å². The van der Waals surface area contributed by atoms with E-state index in [4.69, 9.17) is 5.73 Å². The zero-order valence-electron chi connectivity index (χ0n) is 10.1. The monoisotopic (exact) mass is 232 g/mol. The van der Waals surface area contributed by atoms with E-state index < -0.39 is 0 Å². The Hall–Kier alpha value is -2.04. The lowest BCUT2D eigenvalue weighted by Crippen LogP contribution is -2.23. The zero-order chi connectivity index (χ0) is 12.4. The molecule has 90 valence electrons. The Morgan fingerprint density at radius 2 is 2.24 bits per heavy atom. The first kappa shape index (κ1) is 11.4. The van der Waals surface area contributed by atoms with E-state index in [1.165, 1.54) is 0 Å². The highest BCUT2D eigenvalue weighted by atomic mass is 16.2. The van der Waals surface area contributed by atoms with Crippen LogP contribution in [-0.4, -0.2) is 34.7 Å². The molecule has 0 fully saturated rings. The van der Waals surface area contributed by atoms with E-state index in [9.17, 15) is 4.79 Å². The summed E-state index contributed by atoms with van der Waals surface area (Å²) in [5.74, 6) is 0.0950. The van der Waals surface area contributed by atoms with Gasteiger partial charge in [-0.05, 0) is 18.2 Å². The lowest BCUT2D eigenvalue weighted by molar-refractivity contribution is -0.128. The van der Waals surface area contributed by atoms with Crippen molar-refractivity contribution >= 4 is 22.5 Å². The van der Waals surface area contributed by atoms with E-state index in [0.717, 1.165) is 10.9 Å². The second-order valence-corrected chi connectivity index (χ2v) is 4.22. The van der Waals surface area contributed by atoms with Gasteiger partial charge >= 0.3 is 0 Å². The predicted molar refractivity (Wildman–Crippen MR) is 67.5 cm³/mol. The Morgan fingerprint density at radius 1 is 1.47 bits per heavy atom. The van der Waals surface area contributed by atoms with Gasteiger partial charge in [-0.25, -0.2) is 0 Å². The SMILES string of the molecule is CN(C)C(=O)CCn1ncc2ccc(N)cc21. The number of benzene rings is 1. The molecule has 2 aromatic rings. The highest BCUT2D eigenvalue weighted by molar-refractivity contribution is 5.82. The summed E-state index contributed by atoms with van der Waals surface area (Å²) in [6.07, 6.45) is 2.23. The molecule has 2 N–H and O–H groups in total. The predicted octanol–water partition coefficient (Wildman–Crippen LogP) is 1.10. The maximum absolute atomic E-state index is 11.5. The van der Waals surface area contributed by atoms with Gasteiger partial charge in [-0.2, -0.15) is 5.10 Å². The number of hydrogen-bond acceptors (Lipinski definition) is 3. The lowest BCUT2D eigenvalue weighted by Gasteiger charge is -2.10. The Kier molecular flexibility index (Phi) is 2.99. The molecular weight excluding hydrogens is 216 g/mol. The Balaban J connectivity index is 2.19. The van der Waals surface area contributed by atoms with Gasteiger partial charge in [0.2, 0.25) is 5.91 Å². The van der Waals surface area contributed by atoms with Gasteiger partial charge in [0.25, 0.3) is 0 Å². The van der Waals surface area contributed by atoms with Crippen molar-refractivity contribution in [1.29, 1.82) is 0 Å². The van der Waals surface area contributed by atoms with Crippen LogP contribution in [0.4, 0.5) is 5.69 Å². The van der Waals surface area contributed by atoms with Crippen molar-refractivity contribution in [3.8, 4) is 0 Å².